The van der Waals surface area contributed by atoms with Crippen LogP contribution in [0.15, 0.2) is 54.6 Å². The van der Waals surface area contributed by atoms with Crippen molar-refractivity contribution in [3.05, 3.63) is 71.3 Å². The van der Waals surface area contributed by atoms with Crippen LogP contribution in [-0.4, -0.2) is 63.3 Å². The van der Waals surface area contributed by atoms with E-state index >= 15 is 0 Å². The standard InChI is InChI=1S/C31H43N3O5S/c1-5-6-7-13-18-39-30(38)33-25(19-23-15-9-8-10-16-23)26(35)29(37)34-21-40-31(3,4)27(34)28(36)32-20-24-17-12-11-14-22(24)2/h8-12,14-17,25-27,35H,5-7,13,18-21H2,1-4H3,(H,32,36)(H,33,38)/t25-,26-,27+/m0/s1. The van der Waals surface area contributed by atoms with Crippen molar-refractivity contribution in [3.8, 4) is 0 Å². The molecule has 218 valence electrons. The molecule has 1 heterocycles. The molecule has 1 fully saturated rings. The van der Waals surface area contributed by atoms with Crippen LogP contribution in [0.1, 0.15) is 63.1 Å². The van der Waals surface area contributed by atoms with Crippen LogP contribution >= 0.6 is 11.8 Å². The van der Waals surface area contributed by atoms with Gasteiger partial charge >= 0.3 is 6.09 Å². The zero-order valence-corrected chi connectivity index (χ0v) is 24.8. The van der Waals surface area contributed by atoms with E-state index in [1.54, 1.807) is 0 Å². The fourth-order valence-electron chi connectivity index (χ4n) is 4.84. The number of carbonyl (C=O) groups is 3. The molecule has 9 heteroatoms. The molecule has 2 aromatic carbocycles. The molecule has 40 heavy (non-hydrogen) atoms. The van der Waals surface area contributed by atoms with Gasteiger partial charge in [-0.05, 0) is 50.3 Å². The van der Waals surface area contributed by atoms with Gasteiger partial charge < -0.3 is 25.4 Å². The van der Waals surface area contributed by atoms with Gasteiger partial charge in [0, 0.05) is 11.3 Å². The van der Waals surface area contributed by atoms with Gasteiger partial charge in [-0.2, -0.15) is 0 Å². The van der Waals surface area contributed by atoms with Gasteiger partial charge in [0.15, 0.2) is 6.10 Å². The fourth-order valence-corrected chi connectivity index (χ4v) is 5.98. The van der Waals surface area contributed by atoms with Gasteiger partial charge in [-0.25, -0.2) is 4.79 Å². The molecule has 1 saturated heterocycles. The molecule has 0 saturated carbocycles. The number of aliphatic hydroxyl groups is 1. The van der Waals surface area contributed by atoms with Crippen molar-refractivity contribution in [3.63, 3.8) is 0 Å². The normalized spacial score (nSPS) is 17.6. The fraction of sp³-hybridized carbons (Fsp3) is 0.516. The predicted octanol–water partition coefficient (Wildman–Crippen LogP) is 4.57. The number of thioether (sulfide) groups is 1. The lowest BCUT2D eigenvalue weighted by Crippen LogP contribution is -2.58. The Labute approximate surface area is 242 Å². The number of hydrogen-bond acceptors (Lipinski definition) is 6. The van der Waals surface area contributed by atoms with Crippen molar-refractivity contribution in [2.45, 2.75) is 89.3 Å². The maximum absolute atomic E-state index is 13.7. The Kier molecular flexibility index (Phi) is 11.9. The second-order valence-electron chi connectivity index (χ2n) is 10.8. The molecule has 0 radical (unpaired) electrons. The van der Waals surface area contributed by atoms with Gasteiger partial charge in [-0.3, -0.25) is 9.59 Å². The first-order valence-electron chi connectivity index (χ1n) is 14.1. The molecule has 0 spiro atoms. The summed E-state index contributed by atoms with van der Waals surface area (Å²) in [4.78, 5) is 41.2. The summed E-state index contributed by atoms with van der Waals surface area (Å²) in [5.74, 6) is -0.623. The van der Waals surface area contributed by atoms with Crippen molar-refractivity contribution >= 4 is 29.7 Å². The molecule has 3 N–H and O–H groups in total. The van der Waals surface area contributed by atoms with Crippen molar-refractivity contribution in [1.82, 2.24) is 15.5 Å². The SMILES string of the molecule is CCCCCCOC(=O)N[C@@H](Cc1ccccc1)[C@H](O)C(=O)N1CSC(C)(C)[C@H]1C(=O)NCc1ccccc1C. The number of aliphatic hydroxyl groups excluding tert-OH is 1. The topological polar surface area (TPSA) is 108 Å². The summed E-state index contributed by atoms with van der Waals surface area (Å²) < 4.78 is 4.77. The molecule has 3 rings (SSSR count). The lowest BCUT2D eigenvalue weighted by Gasteiger charge is -2.33. The van der Waals surface area contributed by atoms with Crippen LogP contribution in [0.4, 0.5) is 4.79 Å². The summed E-state index contributed by atoms with van der Waals surface area (Å²) in [6, 6.07) is 15.4. The third-order valence-electron chi connectivity index (χ3n) is 7.26. The number of amides is 3. The van der Waals surface area contributed by atoms with Gasteiger partial charge in [0.05, 0.1) is 18.5 Å². The second-order valence-corrected chi connectivity index (χ2v) is 12.4. The van der Waals surface area contributed by atoms with Crippen LogP contribution in [0.25, 0.3) is 0 Å². The highest BCUT2D eigenvalue weighted by Gasteiger charge is 2.49. The van der Waals surface area contributed by atoms with E-state index in [1.807, 2.05) is 75.4 Å². The molecule has 0 bridgehead atoms. The number of nitrogens with zero attached hydrogens (tertiary/aromatic N) is 1. The van der Waals surface area contributed by atoms with Crippen molar-refractivity contribution in [2.24, 2.45) is 0 Å². The average molecular weight is 570 g/mol. The molecular weight excluding hydrogens is 526 g/mol. The smallest absolute Gasteiger partial charge is 0.407 e. The van der Waals surface area contributed by atoms with Gasteiger partial charge in [0.2, 0.25) is 5.91 Å². The second kappa shape index (κ2) is 15.1. The summed E-state index contributed by atoms with van der Waals surface area (Å²) in [5, 5.41) is 17.0. The lowest BCUT2D eigenvalue weighted by atomic mass is 9.97. The summed E-state index contributed by atoms with van der Waals surface area (Å²) in [5.41, 5.74) is 2.92. The molecular formula is C31H43N3O5S. The van der Waals surface area contributed by atoms with E-state index in [4.69, 9.17) is 4.74 Å². The number of benzene rings is 2. The van der Waals surface area contributed by atoms with E-state index in [-0.39, 0.29) is 24.8 Å². The largest absolute Gasteiger partial charge is 0.450 e. The Bertz CT molecular complexity index is 1130. The van der Waals surface area contributed by atoms with Crippen molar-refractivity contribution in [1.29, 1.82) is 0 Å². The zero-order chi connectivity index (χ0) is 29.1. The maximum Gasteiger partial charge on any atom is 0.407 e. The van der Waals surface area contributed by atoms with E-state index in [9.17, 15) is 19.5 Å². The number of hydrogen-bond donors (Lipinski definition) is 3. The molecule has 3 atom stereocenters. The third-order valence-corrected chi connectivity index (χ3v) is 8.63. The monoisotopic (exact) mass is 569 g/mol. The molecule has 1 aliphatic rings. The third kappa shape index (κ3) is 8.73. The first kappa shape index (κ1) is 31.5. The Morgan fingerprint density at radius 2 is 1.77 bits per heavy atom. The first-order valence-corrected chi connectivity index (χ1v) is 15.0. The van der Waals surface area contributed by atoms with Gasteiger partial charge in [-0.15, -0.1) is 11.8 Å². The average Bonchev–Trinajstić information content (AvgIpc) is 3.26. The van der Waals surface area contributed by atoms with Crippen molar-refractivity contribution < 1.29 is 24.2 Å². The van der Waals surface area contributed by atoms with E-state index in [1.165, 1.54) is 16.7 Å². The minimum absolute atomic E-state index is 0.229. The van der Waals surface area contributed by atoms with Crippen LogP contribution in [0.2, 0.25) is 0 Å². The van der Waals surface area contributed by atoms with Crippen LogP contribution in [0.5, 0.6) is 0 Å². The van der Waals surface area contributed by atoms with Crippen molar-refractivity contribution in [2.75, 3.05) is 12.5 Å². The summed E-state index contributed by atoms with van der Waals surface area (Å²) in [7, 11) is 0. The number of alkyl carbamates (subject to hydrolysis) is 1. The molecule has 8 nitrogen and oxygen atoms in total. The number of ether oxygens (including phenoxy) is 1. The predicted molar refractivity (Wildman–Crippen MR) is 159 cm³/mol. The van der Waals surface area contributed by atoms with E-state index in [0.29, 0.717) is 6.54 Å². The highest BCUT2D eigenvalue weighted by Crippen LogP contribution is 2.40. The maximum atomic E-state index is 13.7. The first-order chi connectivity index (χ1) is 19.1. The Morgan fingerprint density at radius 1 is 1.07 bits per heavy atom. The van der Waals surface area contributed by atoms with Crippen LogP contribution in [0.3, 0.4) is 0 Å². The highest BCUT2D eigenvalue weighted by atomic mass is 32.2. The van der Waals surface area contributed by atoms with Crippen LogP contribution in [0, 0.1) is 6.92 Å². The van der Waals surface area contributed by atoms with Crippen LogP contribution in [-0.2, 0) is 27.3 Å². The number of aryl methyl sites for hydroxylation is 1. The van der Waals surface area contributed by atoms with Gasteiger partial charge in [0.1, 0.15) is 6.04 Å². The van der Waals surface area contributed by atoms with Gasteiger partial charge in [-0.1, -0.05) is 80.8 Å². The molecule has 2 aromatic rings. The lowest BCUT2D eigenvalue weighted by molar-refractivity contribution is -0.147. The number of nitrogens with one attached hydrogen (secondary N) is 2. The molecule has 1 aliphatic heterocycles. The zero-order valence-electron chi connectivity index (χ0n) is 24.0. The number of unbranched alkanes of at least 4 members (excludes halogenated alkanes) is 3. The molecule has 0 unspecified atom stereocenters. The Morgan fingerprint density at radius 3 is 2.48 bits per heavy atom. The minimum atomic E-state index is -1.56. The van der Waals surface area contributed by atoms with E-state index in [0.717, 1.165) is 42.4 Å². The van der Waals surface area contributed by atoms with E-state index < -0.39 is 34.9 Å². The summed E-state index contributed by atoms with van der Waals surface area (Å²) in [6.45, 7) is 8.55. The summed E-state index contributed by atoms with van der Waals surface area (Å²) >= 11 is 1.48. The van der Waals surface area contributed by atoms with Crippen LogP contribution < -0.4 is 10.6 Å². The van der Waals surface area contributed by atoms with E-state index in [2.05, 4.69) is 17.6 Å². The molecule has 3 amide bonds. The quantitative estimate of drug-likeness (QED) is 0.305. The number of rotatable bonds is 13. The minimum Gasteiger partial charge on any atom is -0.450 e. The Hall–Kier alpha value is -3.04. The number of carbonyl (C=O) groups excluding carboxylic acids is 3. The summed E-state index contributed by atoms with van der Waals surface area (Å²) in [6.07, 6.45) is 1.86. The Balaban J connectivity index is 1.72. The highest BCUT2D eigenvalue weighted by molar-refractivity contribution is 8.00. The molecule has 0 aliphatic carbocycles. The molecule has 0 aromatic heterocycles. The van der Waals surface area contributed by atoms with Gasteiger partial charge in [0.25, 0.3) is 5.91 Å².